The molecule has 0 bridgehead atoms. The summed E-state index contributed by atoms with van der Waals surface area (Å²) in [5, 5.41) is 2.05. The maximum Gasteiger partial charge on any atom is 0.295 e. The molecule has 1 unspecified atom stereocenters. The van der Waals surface area contributed by atoms with Gasteiger partial charge in [-0.3, -0.25) is 4.90 Å². The normalized spacial score (nSPS) is 20.6. The molecule has 0 spiro atoms. The predicted molar refractivity (Wildman–Crippen MR) is 72.0 cm³/mol. The molecule has 0 N–H and O–H groups in total. The van der Waals surface area contributed by atoms with Gasteiger partial charge in [-0.15, -0.1) is 11.3 Å². The van der Waals surface area contributed by atoms with Crippen LogP contribution >= 0.6 is 11.3 Å². The van der Waals surface area contributed by atoms with Gasteiger partial charge in [-0.25, -0.2) is 8.78 Å². The molecule has 2 aromatic rings. The van der Waals surface area contributed by atoms with Crippen LogP contribution in [-0.4, -0.2) is 24.6 Å². The second kappa shape index (κ2) is 6.03. The highest BCUT2D eigenvalue weighted by Gasteiger charge is 2.25. The van der Waals surface area contributed by atoms with E-state index < -0.39 is 6.43 Å². The molecule has 1 aliphatic heterocycles. The van der Waals surface area contributed by atoms with E-state index in [0.29, 0.717) is 18.9 Å². The lowest BCUT2D eigenvalue weighted by Gasteiger charge is -2.31. The molecule has 0 aromatic carbocycles. The van der Waals surface area contributed by atoms with Crippen molar-refractivity contribution >= 4 is 11.3 Å². The molecule has 3 rings (SSSR count). The summed E-state index contributed by atoms with van der Waals surface area (Å²) in [6.07, 6.45) is -2.84. The molecule has 1 aliphatic rings. The summed E-state index contributed by atoms with van der Waals surface area (Å²) < 4.78 is 35.9. The number of morpholine rings is 1. The Morgan fingerprint density at radius 1 is 1.35 bits per heavy atom. The van der Waals surface area contributed by atoms with Crippen molar-refractivity contribution < 1.29 is 17.9 Å². The molecule has 108 valence electrons. The van der Waals surface area contributed by atoms with Crippen LogP contribution in [0.25, 0.3) is 0 Å². The maximum absolute atomic E-state index is 12.5. The topological polar surface area (TPSA) is 25.6 Å². The number of rotatable bonds is 4. The SMILES string of the molecule is FC(F)c1ccc(C2CN(Cc3cccs3)CCO2)o1. The molecule has 1 saturated heterocycles. The first-order valence-corrected chi connectivity index (χ1v) is 7.34. The van der Waals surface area contributed by atoms with Gasteiger partial charge in [0.1, 0.15) is 11.9 Å². The van der Waals surface area contributed by atoms with E-state index in [1.54, 1.807) is 17.4 Å². The van der Waals surface area contributed by atoms with Crippen LogP contribution < -0.4 is 0 Å². The van der Waals surface area contributed by atoms with Crippen LogP contribution in [0.2, 0.25) is 0 Å². The lowest BCUT2D eigenvalue weighted by atomic mass is 10.2. The third-order valence-electron chi connectivity index (χ3n) is 3.29. The number of alkyl halides is 2. The minimum Gasteiger partial charge on any atom is -0.457 e. The number of halogens is 2. The van der Waals surface area contributed by atoms with Gasteiger partial charge >= 0.3 is 0 Å². The summed E-state index contributed by atoms with van der Waals surface area (Å²) >= 11 is 1.72. The van der Waals surface area contributed by atoms with Gasteiger partial charge in [-0.05, 0) is 23.6 Å². The monoisotopic (exact) mass is 299 g/mol. The van der Waals surface area contributed by atoms with E-state index in [9.17, 15) is 8.78 Å². The summed E-state index contributed by atoms with van der Waals surface area (Å²) in [5.74, 6) is 0.190. The largest absolute Gasteiger partial charge is 0.457 e. The maximum atomic E-state index is 12.5. The Morgan fingerprint density at radius 2 is 2.25 bits per heavy atom. The zero-order valence-corrected chi connectivity index (χ0v) is 11.6. The van der Waals surface area contributed by atoms with Crippen LogP contribution in [0.4, 0.5) is 8.78 Å². The van der Waals surface area contributed by atoms with Crippen molar-refractivity contribution in [1.82, 2.24) is 4.90 Å². The molecule has 2 aromatic heterocycles. The Hall–Kier alpha value is -1.24. The Morgan fingerprint density at radius 3 is 2.95 bits per heavy atom. The second-order valence-corrected chi connectivity index (χ2v) is 5.75. The molecular formula is C14H15F2NO2S. The molecule has 6 heteroatoms. The highest BCUT2D eigenvalue weighted by atomic mass is 32.1. The molecule has 0 amide bonds. The summed E-state index contributed by atoms with van der Waals surface area (Å²) in [4.78, 5) is 3.54. The van der Waals surface area contributed by atoms with Crippen molar-refractivity contribution in [3.63, 3.8) is 0 Å². The van der Waals surface area contributed by atoms with Crippen LogP contribution in [0, 0.1) is 0 Å². The number of furan rings is 1. The van der Waals surface area contributed by atoms with Gasteiger partial charge in [0.2, 0.25) is 0 Å². The van der Waals surface area contributed by atoms with Crippen molar-refractivity contribution in [3.8, 4) is 0 Å². The van der Waals surface area contributed by atoms with Gasteiger partial charge in [0.25, 0.3) is 6.43 Å². The minimum absolute atomic E-state index is 0.267. The Bertz CT molecular complexity index is 541. The van der Waals surface area contributed by atoms with Gasteiger partial charge in [0.05, 0.1) is 6.61 Å². The highest BCUT2D eigenvalue weighted by Crippen LogP contribution is 2.29. The van der Waals surface area contributed by atoms with E-state index in [4.69, 9.17) is 9.15 Å². The van der Waals surface area contributed by atoms with Crippen molar-refractivity contribution in [2.75, 3.05) is 19.7 Å². The Kier molecular flexibility index (Phi) is 4.14. The van der Waals surface area contributed by atoms with Crippen LogP contribution in [0.1, 0.15) is 28.9 Å². The van der Waals surface area contributed by atoms with Crippen molar-refractivity contribution in [2.24, 2.45) is 0 Å². The van der Waals surface area contributed by atoms with E-state index in [-0.39, 0.29) is 11.9 Å². The van der Waals surface area contributed by atoms with Crippen molar-refractivity contribution in [1.29, 1.82) is 0 Å². The third-order valence-corrected chi connectivity index (χ3v) is 4.15. The molecule has 1 atom stereocenters. The fourth-order valence-electron chi connectivity index (χ4n) is 2.30. The summed E-state index contributed by atoms with van der Waals surface area (Å²) in [7, 11) is 0. The van der Waals surface area contributed by atoms with E-state index in [1.807, 2.05) is 6.07 Å². The van der Waals surface area contributed by atoms with Crippen LogP contribution in [-0.2, 0) is 11.3 Å². The number of hydrogen-bond donors (Lipinski definition) is 0. The smallest absolute Gasteiger partial charge is 0.295 e. The first-order chi connectivity index (χ1) is 9.72. The quantitative estimate of drug-likeness (QED) is 0.857. The molecular weight excluding hydrogens is 284 g/mol. The standard InChI is InChI=1S/C14H15F2NO2S/c15-14(16)12-4-3-11(19-12)13-9-17(5-6-18-13)8-10-2-1-7-20-10/h1-4,7,13-14H,5-6,8-9H2. The number of nitrogens with zero attached hydrogens (tertiary/aromatic N) is 1. The highest BCUT2D eigenvalue weighted by molar-refractivity contribution is 7.09. The van der Waals surface area contributed by atoms with Gasteiger partial charge in [-0.2, -0.15) is 0 Å². The summed E-state index contributed by atoms with van der Waals surface area (Å²) in [6, 6.07) is 7.03. The fourth-order valence-corrected chi connectivity index (χ4v) is 3.05. The Balaban J connectivity index is 1.65. The first kappa shape index (κ1) is 13.7. The zero-order chi connectivity index (χ0) is 13.9. The zero-order valence-electron chi connectivity index (χ0n) is 10.8. The number of hydrogen-bond acceptors (Lipinski definition) is 4. The average Bonchev–Trinajstić information content (AvgIpc) is 3.09. The molecule has 0 aliphatic carbocycles. The predicted octanol–water partition coefficient (Wildman–Crippen LogP) is 3.85. The second-order valence-electron chi connectivity index (χ2n) is 4.71. The van der Waals surface area contributed by atoms with E-state index in [0.717, 1.165) is 13.1 Å². The van der Waals surface area contributed by atoms with Crippen LogP contribution in [0.5, 0.6) is 0 Å². The Labute approximate surface area is 119 Å². The number of ether oxygens (including phenoxy) is 1. The van der Waals surface area contributed by atoms with Gasteiger partial charge in [-0.1, -0.05) is 6.07 Å². The number of thiophene rings is 1. The molecule has 0 radical (unpaired) electrons. The molecule has 20 heavy (non-hydrogen) atoms. The van der Waals surface area contributed by atoms with E-state index in [1.165, 1.54) is 10.9 Å². The van der Waals surface area contributed by atoms with Crippen LogP contribution in [0.3, 0.4) is 0 Å². The lowest BCUT2D eigenvalue weighted by molar-refractivity contribution is -0.0440. The lowest BCUT2D eigenvalue weighted by Crippen LogP contribution is -2.37. The van der Waals surface area contributed by atoms with E-state index >= 15 is 0 Å². The summed E-state index contributed by atoms with van der Waals surface area (Å²) in [5.41, 5.74) is 0. The van der Waals surface area contributed by atoms with Gasteiger partial charge in [0, 0.05) is 24.5 Å². The van der Waals surface area contributed by atoms with Gasteiger partial charge < -0.3 is 9.15 Å². The molecule has 3 heterocycles. The molecule has 3 nitrogen and oxygen atoms in total. The fraction of sp³-hybridized carbons (Fsp3) is 0.429. The minimum atomic E-state index is -2.57. The molecule has 1 fully saturated rings. The van der Waals surface area contributed by atoms with Gasteiger partial charge in [0.15, 0.2) is 5.76 Å². The first-order valence-electron chi connectivity index (χ1n) is 6.46. The van der Waals surface area contributed by atoms with Crippen LogP contribution in [0.15, 0.2) is 34.1 Å². The van der Waals surface area contributed by atoms with Crippen molar-refractivity contribution in [2.45, 2.75) is 19.1 Å². The summed E-state index contributed by atoms with van der Waals surface area (Å²) in [6.45, 7) is 2.95. The third kappa shape index (κ3) is 3.08. The molecule has 0 saturated carbocycles. The van der Waals surface area contributed by atoms with Crippen molar-refractivity contribution in [3.05, 3.63) is 46.0 Å². The van der Waals surface area contributed by atoms with E-state index in [2.05, 4.69) is 16.3 Å². The average molecular weight is 299 g/mol.